The van der Waals surface area contributed by atoms with Crippen LogP contribution in [0.15, 0.2) is 36.7 Å². The third-order valence-corrected chi connectivity index (χ3v) is 4.72. The van der Waals surface area contributed by atoms with Crippen LogP contribution in [0.1, 0.15) is 29.6 Å². The van der Waals surface area contributed by atoms with E-state index in [9.17, 15) is 9.90 Å². The number of amides is 1. The zero-order valence-electron chi connectivity index (χ0n) is 13.0. The Morgan fingerprint density at radius 3 is 2.91 bits per heavy atom. The van der Waals surface area contributed by atoms with Gasteiger partial charge in [-0.2, -0.15) is 5.10 Å². The van der Waals surface area contributed by atoms with Crippen molar-refractivity contribution in [3.63, 3.8) is 0 Å². The topological polar surface area (TPSA) is 58.4 Å². The molecule has 0 bridgehead atoms. The number of rotatable bonds is 4. The summed E-state index contributed by atoms with van der Waals surface area (Å²) in [5.74, 6) is 0.0740. The quantitative estimate of drug-likeness (QED) is 0.936. The van der Waals surface area contributed by atoms with E-state index in [4.69, 9.17) is 11.6 Å². The first-order valence-electron chi connectivity index (χ1n) is 7.79. The van der Waals surface area contributed by atoms with Gasteiger partial charge in [-0.05, 0) is 25.0 Å². The van der Waals surface area contributed by atoms with Gasteiger partial charge >= 0.3 is 0 Å². The molecule has 2 aromatic rings. The summed E-state index contributed by atoms with van der Waals surface area (Å²) in [6, 6.07) is 7.36. The summed E-state index contributed by atoms with van der Waals surface area (Å²) in [6.45, 7) is 0.567. The molecule has 6 heteroatoms. The highest BCUT2D eigenvalue weighted by molar-refractivity contribution is 6.32. The second-order valence-corrected chi connectivity index (χ2v) is 6.48. The molecule has 122 valence electrons. The highest BCUT2D eigenvalue weighted by Gasteiger charge is 2.28. The van der Waals surface area contributed by atoms with E-state index in [1.807, 2.05) is 18.2 Å². The number of carbonyl (C=O) groups excluding carboxylic acids is 1. The molecule has 1 aromatic carbocycles. The molecular formula is C17H20ClN3O2. The lowest BCUT2D eigenvalue weighted by Gasteiger charge is -2.22. The molecule has 23 heavy (non-hydrogen) atoms. The summed E-state index contributed by atoms with van der Waals surface area (Å²) in [5, 5.41) is 14.7. The summed E-state index contributed by atoms with van der Waals surface area (Å²) in [4.78, 5) is 14.2. The monoisotopic (exact) mass is 333 g/mol. The third-order valence-electron chi connectivity index (χ3n) is 4.40. The first kappa shape index (κ1) is 16.0. The van der Waals surface area contributed by atoms with Gasteiger partial charge in [0, 0.05) is 25.7 Å². The Labute approximate surface area is 140 Å². The maximum absolute atomic E-state index is 12.5. The van der Waals surface area contributed by atoms with Gasteiger partial charge in [-0.3, -0.25) is 4.79 Å². The molecule has 0 radical (unpaired) electrons. The number of aromatic nitrogens is 2. The fourth-order valence-corrected chi connectivity index (χ4v) is 3.31. The molecule has 2 unspecified atom stereocenters. The Kier molecular flexibility index (Phi) is 4.68. The van der Waals surface area contributed by atoms with Gasteiger partial charge < -0.3 is 10.0 Å². The van der Waals surface area contributed by atoms with E-state index in [1.165, 1.54) is 0 Å². The smallest absolute Gasteiger partial charge is 0.256 e. The molecule has 1 aliphatic rings. The fourth-order valence-electron chi connectivity index (χ4n) is 3.09. The van der Waals surface area contributed by atoms with Gasteiger partial charge in [-0.15, -0.1) is 0 Å². The maximum atomic E-state index is 12.5. The third kappa shape index (κ3) is 3.41. The van der Waals surface area contributed by atoms with E-state index in [-0.39, 0.29) is 17.9 Å². The number of halogens is 1. The Morgan fingerprint density at radius 2 is 2.22 bits per heavy atom. The Hall–Kier alpha value is -1.85. The number of aliphatic hydroxyl groups is 1. The average Bonchev–Trinajstić information content (AvgIpc) is 3.17. The Bertz CT molecular complexity index is 701. The van der Waals surface area contributed by atoms with Crippen molar-refractivity contribution < 1.29 is 9.90 Å². The number of hydrogen-bond acceptors (Lipinski definition) is 3. The largest absolute Gasteiger partial charge is 0.393 e. The number of para-hydroxylation sites is 1. The van der Waals surface area contributed by atoms with Crippen molar-refractivity contribution >= 4 is 17.5 Å². The van der Waals surface area contributed by atoms with Crippen LogP contribution < -0.4 is 0 Å². The molecule has 2 atom stereocenters. The van der Waals surface area contributed by atoms with Crippen molar-refractivity contribution in [2.75, 3.05) is 13.6 Å². The minimum Gasteiger partial charge on any atom is -0.393 e. The first-order valence-corrected chi connectivity index (χ1v) is 8.17. The van der Waals surface area contributed by atoms with Crippen LogP contribution in [0.25, 0.3) is 5.69 Å². The summed E-state index contributed by atoms with van der Waals surface area (Å²) in [6.07, 6.45) is 5.77. The predicted octanol–water partition coefficient (Wildman–Crippen LogP) is 2.76. The molecule has 1 saturated carbocycles. The molecule has 0 aliphatic heterocycles. The normalized spacial score (nSPS) is 20.7. The van der Waals surface area contributed by atoms with E-state index in [0.29, 0.717) is 17.1 Å². The van der Waals surface area contributed by atoms with E-state index in [1.54, 1.807) is 35.1 Å². The summed E-state index contributed by atoms with van der Waals surface area (Å²) in [7, 11) is 1.76. The molecule has 1 fully saturated rings. The number of hydrogen-bond donors (Lipinski definition) is 1. The zero-order valence-corrected chi connectivity index (χ0v) is 13.8. The minimum absolute atomic E-state index is 0.0950. The molecule has 1 heterocycles. The van der Waals surface area contributed by atoms with Crippen LogP contribution in [0.3, 0.4) is 0 Å². The van der Waals surface area contributed by atoms with E-state index < -0.39 is 0 Å². The molecule has 1 amide bonds. The van der Waals surface area contributed by atoms with Crippen molar-refractivity contribution in [1.82, 2.24) is 14.7 Å². The SMILES string of the molecule is CN(CC1CCCC1O)C(=O)c1cnn(-c2ccccc2Cl)c1. The predicted molar refractivity (Wildman–Crippen MR) is 88.9 cm³/mol. The van der Waals surface area contributed by atoms with Gasteiger partial charge in [0.2, 0.25) is 0 Å². The van der Waals surface area contributed by atoms with Crippen molar-refractivity contribution in [2.45, 2.75) is 25.4 Å². The van der Waals surface area contributed by atoms with E-state index in [2.05, 4.69) is 5.10 Å². The summed E-state index contributed by atoms with van der Waals surface area (Å²) in [5.41, 5.74) is 1.25. The number of carbonyl (C=O) groups is 1. The van der Waals surface area contributed by atoms with Crippen LogP contribution in [0.5, 0.6) is 0 Å². The first-order chi connectivity index (χ1) is 11.1. The Balaban J connectivity index is 1.72. The number of aliphatic hydroxyl groups excluding tert-OH is 1. The van der Waals surface area contributed by atoms with Crippen LogP contribution in [0, 0.1) is 5.92 Å². The van der Waals surface area contributed by atoms with Gasteiger partial charge in [0.15, 0.2) is 0 Å². The van der Waals surface area contributed by atoms with Gasteiger partial charge in [0.05, 0.1) is 28.6 Å². The van der Waals surface area contributed by atoms with Gasteiger partial charge in [0.25, 0.3) is 5.91 Å². The lowest BCUT2D eigenvalue weighted by atomic mass is 10.1. The van der Waals surface area contributed by atoms with Crippen molar-refractivity contribution in [3.8, 4) is 5.69 Å². The second kappa shape index (κ2) is 6.72. The number of nitrogens with zero attached hydrogens (tertiary/aromatic N) is 3. The molecule has 1 aromatic heterocycles. The van der Waals surface area contributed by atoms with E-state index in [0.717, 1.165) is 24.9 Å². The second-order valence-electron chi connectivity index (χ2n) is 6.07. The molecule has 0 saturated heterocycles. The van der Waals surface area contributed by atoms with Crippen LogP contribution in [-0.2, 0) is 0 Å². The standard InChI is InChI=1S/C17H20ClN3O2/c1-20(10-12-5-4-8-16(12)22)17(23)13-9-19-21(11-13)15-7-3-2-6-14(15)18/h2-3,6-7,9,11-12,16,22H,4-5,8,10H2,1H3. The van der Waals surface area contributed by atoms with Gasteiger partial charge in [0.1, 0.15) is 0 Å². The lowest BCUT2D eigenvalue weighted by Crippen LogP contribution is -2.34. The zero-order chi connectivity index (χ0) is 16.4. The van der Waals surface area contributed by atoms with Crippen molar-refractivity contribution in [2.24, 2.45) is 5.92 Å². The van der Waals surface area contributed by atoms with Crippen LogP contribution in [0.4, 0.5) is 0 Å². The summed E-state index contributed by atoms with van der Waals surface area (Å²) >= 11 is 6.16. The average molecular weight is 334 g/mol. The van der Waals surface area contributed by atoms with Crippen molar-refractivity contribution in [1.29, 1.82) is 0 Å². The fraction of sp³-hybridized carbons (Fsp3) is 0.412. The number of benzene rings is 1. The highest BCUT2D eigenvalue weighted by Crippen LogP contribution is 2.26. The molecule has 1 N–H and O–H groups in total. The van der Waals surface area contributed by atoms with Gasteiger partial charge in [-0.25, -0.2) is 4.68 Å². The molecule has 1 aliphatic carbocycles. The van der Waals surface area contributed by atoms with Crippen LogP contribution in [0.2, 0.25) is 5.02 Å². The van der Waals surface area contributed by atoms with Gasteiger partial charge in [-0.1, -0.05) is 30.2 Å². The Morgan fingerprint density at radius 1 is 1.43 bits per heavy atom. The highest BCUT2D eigenvalue weighted by atomic mass is 35.5. The molecule has 0 spiro atoms. The lowest BCUT2D eigenvalue weighted by molar-refractivity contribution is 0.0693. The molecule has 3 rings (SSSR count). The van der Waals surface area contributed by atoms with E-state index >= 15 is 0 Å². The molecule has 5 nitrogen and oxygen atoms in total. The minimum atomic E-state index is -0.295. The van der Waals surface area contributed by atoms with Crippen molar-refractivity contribution in [3.05, 3.63) is 47.2 Å². The summed E-state index contributed by atoms with van der Waals surface area (Å²) < 4.78 is 1.60. The van der Waals surface area contributed by atoms with Crippen LogP contribution in [-0.4, -0.2) is 45.4 Å². The maximum Gasteiger partial charge on any atom is 0.256 e. The van der Waals surface area contributed by atoms with Crippen LogP contribution >= 0.6 is 11.6 Å². The molecular weight excluding hydrogens is 314 g/mol.